The Hall–Kier alpha value is -2.17. The first kappa shape index (κ1) is 12.9. The SMILES string of the molecule is COC(=O)c1ncc(C=CCC(N)=O)cc1C. The number of aromatic nitrogens is 1. The quantitative estimate of drug-likeness (QED) is 0.790. The molecule has 0 aliphatic heterocycles. The van der Waals surface area contributed by atoms with Gasteiger partial charge in [-0.25, -0.2) is 9.78 Å². The molecule has 2 N–H and O–H groups in total. The number of methoxy groups -OCH3 is 1. The molecule has 0 saturated carbocycles. The van der Waals surface area contributed by atoms with Crippen LogP contribution >= 0.6 is 0 Å². The van der Waals surface area contributed by atoms with E-state index in [-0.39, 0.29) is 6.42 Å². The Morgan fingerprint density at radius 3 is 2.76 bits per heavy atom. The van der Waals surface area contributed by atoms with Crippen LogP contribution in [-0.4, -0.2) is 24.0 Å². The number of carbonyl (C=O) groups excluding carboxylic acids is 2. The number of hydrogen-bond acceptors (Lipinski definition) is 4. The number of carbonyl (C=O) groups is 2. The molecule has 0 unspecified atom stereocenters. The van der Waals surface area contributed by atoms with Crippen molar-refractivity contribution in [2.24, 2.45) is 5.73 Å². The fourth-order valence-corrected chi connectivity index (χ4v) is 1.31. The Kier molecular flexibility index (Phi) is 4.39. The van der Waals surface area contributed by atoms with Gasteiger partial charge in [-0.05, 0) is 24.1 Å². The first-order chi connectivity index (χ1) is 8.04. The number of pyridine rings is 1. The van der Waals surface area contributed by atoms with Gasteiger partial charge in [-0.2, -0.15) is 0 Å². The molecular formula is C12H14N2O3. The standard InChI is InChI=1S/C12H14N2O3/c1-8-6-9(4-3-5-10(13)15)7-14-11(8)12(16)17-2/h3-4,6-7H,5H2,1-2H3,(H2,13,15). The van der Waals surface area contributed by atoms with Crippen LogP contribution in [0.5, 0.6) is 0 Å². The third-order valence-corrected chi connectivity index (χ3v) is 2.11. The number of esters is 1. The van der Waals surface area contributed by atoms with E-state index in [2.05, 4.69) is 9.72 Å². The zero-order chi connectivity index (χ0) is 12.8. The van der Waals surface area contributed by atoms with Gasteiger partial charge in [-0.1, -0.05) is 12.2 Å². The molecule has 5 nitrogen and oxygen atoms in total. The van der Waals surface area contributed by atoms with Crippen molar-refractivity contribution in [1.82, 2.24) is 4.98 Å². The molecular weight excluding hydrogens is 220 g/mol. The molecule has 90 valence electrons. The Balaban J connectivity index is 2.85. The topological polar surface area (TPSA) is 82.3 Å². The molecule has 0 spiro atoms. The van der Waals surface area contributed by atoms with Crippen molar-refractivity contribution in [3.05, 3.63) is 35.2 Å². The number of rotatable bonds is 4. The Bertz CT molecular complexity index is 467. The average Bonchev–Trinajstić information content (AvgIpc) is 2.28. The van der Waals surface area contributed by atoms with Gasteiger partial charge in [0, 0.05) is 12.6 Å². The maximum Gasteiger partial charge on any atom is 0.356 e. The van der Waals surface area contributed by atoms with E-state index in [0.29, 0.717) is 5.69 Å². The van der Waals surface area contributed by atoms with Crippen molar-refractivity contribution in [3.63, 3.8) is 0 Å². The summed E-state index contributed by atoms with van der Waals surface area (Å²) in [7, 11) is 1.31. The number of amides is 1. The van der Waals surface area contributed by atoms with Crippen molar-refractivity contribution in [1.29, 1.82) is 0 Å². The second-order valence-corrected chi connectivity index (χ2v) is 3.50. The van der Waals surface area contributed by atoms with E-state index in [4.69, 9.17) is 5.73 Å². The van der Waals surface area contributed by atoms with Crippen LogP contribution < -0.4 is 5.73 Å². The van der Waals surface area contributed by atoms with E-state index in [1.54, 1.807) is 25.1 Å². The highest BCUT2D eigenvalue weighted by Crippen LogP contribution is 2.10. The van der Waals surface area contributed by atoms with Crippen LogP contribution in [0.4, 0.5) is 0 Å². The van der Waals surface area contributed by atoms with Crippen molar-refractivity contribution < 1.29 is 14.3 Å². The van der Waals surface area contributed by atoms with E-state index in [1.807, 2.05) is 0 Å². The molecule has 1 heterocycles. The van der Waals surface area contributed by atoms with E-state index in [0.717, 1.165) is 11.1 Å². The molecule has 0 fully saturated rings. The van der Waals surface area contributed by atoms with Crippen LogP contribution in [0.25, 0.3) is 6.08 Å². The largest absolute Gasteiger partial charge is 0.464 e. The summed E-state index contributed by atoms with van der Waals surface area (Å²) in [6, 6.07) is 1.79. The van der Waals surface area contributed by atoms with Crippen molar-refractivity contribution >= 4 is 18.0 Å². The summed E-state index contributed by atoms with van der Waals surface area (Å²) in [5, 5.41) is 0. The van der Waals surface area contributed by atoms with Gasteiger partial charge >= 0.3 is 5.97 Å². The molecule has 0 atom stereocenters. The Morgan fingerprint density at radius 1 is 1.53 bits per heavy atom. The van der Waals surface area contributed by atoms with Crippen LogP contribution in [0.3, 0.4) is 0 Å². The zero-order valence-corrected chi connectivity index (χ0v) is 9.77. The van der Waals surface area contributed by atoms with Crippen LogP contribution in [-0.2, 0) is 9.53 Å². The molecule has 1 rings (SSSR count). The van der Waals surface area contributed by atoms with Crippen LogP contribution in [0.2, 0.25) is 0 Å². The highest BCUT2D eigenvalue weighted by Gasteiger charge is 2.10. The Morgan fingerprint density at radius 2 is 2.24 bits per heavy atom. The minimum absolute atomic E-state index is 0.178. The van der Waals surface area contributed by atoms with Crippen LogP contribution in [0, 0.1) is 6.92 Å². The summed E-state index contributed by atoms with van der Waals surface area (Å²) >= 11 is 0. The zero-order valence-electron chi connectivity index (χ0n) is 9.77. The summed E-state index contributed by atoms with van der Waals surface area (Å²) in [5.41, 5.74) is 6.82. The van der Waals surface area contributed by atoms with Gasteiger partial charge in [0.15, 0.2) is 5.69 Å². The predicted octanol–water partition coefficient (Wildman–Crippen LogP) is 1.07. The Labute approximate surface area is 99.3 Å². The number of nitrogens with two attached hydrogens (primary N) is 1. The predicted molar refractivity (Wildman–Crippen MR) is 63.2 cm³/mol. The van der Waals surface area contributed by atoms with Gasteiger partial charge in [0.25, 0.3) is 0 Å². The maximum atomic E-state index is 11.3. The fraction of sp³-hybridized carbons (Fsp3) is 0.250. The summed E-state index contributed by atoms with van der Waals surface area (Å²) < 4.78 is 4.59. The molecule has 0 saturated heterocycles. The van der Waals surface area contributed by atoms with E-state index in [1.165, 1.54) is 13.3 Å². The lowest BCUT2D eigenvalue weighted by Crippen LogP contribution is -2.08. The normalized spacial score (nSPS) is 10.5. The molecule has 0 aliphatic rings. The molecule has 1 amide bonds. The van der Waals surface area contributed by atoms with E-state index >= 15 is 0 Å². The number of primary amides is 1. The third-order valence-electron chi connectivity index (χ3n) is 2.11. The van der Waals surface area contributed by atoms with Crippen molar-refractivity contribution in [3.8, 4) is 0 Å². The minimum atomic E-state index is -0.463. The van der Waals surface area contributed by atoms with Gasteiger partial charge < -0.3 is 10.5 Å². The second-order valence-electron chi connectivity index (χ2n) is 3.50. The molecule has 0 bridgehead atoms. The molecule has 0 radical (unpaired) electrons. The van der Waals surface area contributed by atoms with Crippen molar-refractivity contribution in [2.45, 2.75) is 13.3 Å². The highest BCUT2D eigenvalue weighted by atomic mass is 16.5. The smallest absolute Gasteiger partial charge is 0.356 e. The molecule has 1 aromatic heterocycles. The van der Waals surface area contributed by atoms with Gasteiger partial charge in [0.05, 0.1) is 7.11 Å². The van der Waals surface area contributed by atoms with Gasteiger partial charge in [-0.3, -0.25) is 4.79 Å². The number of hydrogen-bond donors (Lipinski definition) is 1. The molecule has 0 aromatic carbocycles. The van der Waals surface area contributed by atoms with Gasteiger partial charge in [-0.15, -0.1) is 0 Å². The monoisotopic (exact) mass is 234 g/mol. The van der Waals surface area contributed by atoms with Gasteiger partial charge in [0.1, 0.15) is 0 Å². The first-order valence-corrected chi connectivity index (χ1v) is 5.04. The average molecular weight is 234 g/mol. The second kappa shape index (κ2) is 5.79. The first-order valence-electron chi connectivity index (χ1n) is 5.04. The number of aryl methyl sites for hydroxylation is 1. The maximum absolute atomic E-state index is 11.3. The highest BCUT2D eigenvalue weighted by molar-refractivity contribution is 5.88. The molecule has 0 aliphatic carbocycles. The third kappa shape index (κ3) is 3.71. The lowest BCUT2D eigenvalue weighted by Gasteiger charge is -2.03. The van der Waals surface area contributed by atoms with Gasteiger partial charge in [0.2, 0.25) is 5.91 Å². The summed E-state index contributed by atoms with van der Waals surface area (Å²) in [5.74, 6) is -0.854. The number of nitrogens with zero attached hydrogens (tertiary/aromatic N) is 1. The van der Waals surface area contributed by atoms with E-state index < -0.39 is 11.9 Å². The molecule has 5 heteroatoms. The molecule has 17 heavy (non-hydrogen) atoms. The van der Waals surface area contributed by atoms with Crippen LogP contribution in [0.1, 0.15) is 28.0 Å². The summed E-state index contributed by atoms with van der Waals surface area (Å²) in [6.07, 6.45) is 5.09. The lowest BCUT2D eigenvalue weighted by atomic mass is 10.1. The van der Waals surface area contributed by atoms with Crippen LogP contribution in [0.15, 0.2) is 18.3 Å². The number of ether oxygens (including phenoxy) is 1. The lowest BCUT2D eigenvalue weighted by molar-refractivity contribution is -0.117. The summed E-state index contributed by atoms with van der Waals surface area (Å²) in [6.45, 7) is 1.77. The fourth-order valence-electron chi connectivity index (χ4n) is 1.31. The minimum Gasteiger partial charge on any atom is -0.464 e. The van der Waals surface area contributed by atoms with E-state index in [9.17, 15) is 9.59 Å². The summed E-state index contributed by atoms with van der Waals surface area (Å²) in [4.78, 5) is 25.8. The molecule has 1 aromatic rings. The van der Waals surface area contributed by atoms with Crippen molar-refractivity contribution in [2.75, 3.05) is 7.11 Å².